The molecule has 5 heteroatoms. The van der Waals surface area contributed by atoms with Gasteiger partial charge >= 0.3 is 0 Å². The summed E-state index contributed by atoms with van der Waals surface area (Å²) in [6.45, 7) is 5.25. The highest BCUT2D eigenvalue weighted by atomic mass is 35.5. The van der Waals surface area contributed by atoms with Gasteiger partial charge in [-0.1, -0.05) is 44.2 Å². The van der Waals surface area contributed by atoms with Crippen LogP contribution >= 0.6 is 12.4 Å². The normalized spacial score (nSPS) is 10.0. The maximum absolute atomic E-state index is 12.2. The van der Waals surface area contributed by atoms with Crippen molar-refractivity contribution in [2.24, 2.45) is 5.92 Å². The van der Waals surface area contributed by atoms with Crippen LogP contribution in [0.25, 0.3) is 0 Å². The molecule has 3 N–H and O–H groups in total. The largest absolute Gasteiger partial charge is 0.493 e. The molecule has 0 saturated heterocycles. The lowest BCUT2D eigenvalue weighted by atomic mass is 10.1. The number of rotatable bonds is 6. The maximum Gasteiger partial charge on any atom is 0.253 e. The molecule has 2 aromatic carbocycles. The van der Waals surface area contributed by atoms with Crippen molar-refractivity contribution in [3.05, 3.63) is 59.7 Å². The number of amides is 1. The van der Waals surface area contributed by atoms with Gasteiger partial charge in [-0.25, -0.2) is 0 Å². The molecule has 1 amide bonds. The molecule has 2 rings (SSSR count). The molecular weight excluding hydrogens is 312 g/mol. The Kier molecular flexibility index (Phi) is 7.42. The predicted octanol–water partition coefficient (Wildman–Crippen LogP) is 3.66. The fraction of sp³-hybridized carbons (Fsp3) is 0.278. The summed E-state index contributed by atoms with van der Waals surface area (Å²) in [5.41, 5.74) is 7.73. The second-order valence-electron chi connectivity index (χ2n) is 5.58. The first-order valence-electron chi connectivity index (χ1n) is 7.41. The summed E-state index contributed by atoms with van der Waals surface area (Å²) in [6, 6.07) is 14.8. The molecule has 124 valence electrons. The highest BCUT2D eigenvalue weighted by Gasteiger charge is 2.10. The van der Waals surface area contributed by atoms with Crippen molar-refractivity contribution in [2.75, 3.05) is 12.3 Å². The lowest BCUT2D eigenvalue weighted by Crippen LogP contribution is -2.24. The van der Waals surface area contributed by atoms with Gasteiger partial charge in [-0.3, -0.25) is 4.79 Å². The zero-order valence-electron chi connectivity index (χ0n) is 13.4. The van der Waals surface area contributed by atoms with Gasteiger partial charge in [-0.05, 0) is 24.1 Å². The lowest BCUT2D eigenvalue weighted by molar-refractivity contribution is 0.0951. The topological polar surface area (TPSA) is 64.3 Å². The minimum Gasteiger partial charge on any atom is -0.493 e. The number of nitrogen functional groups attached to an aromatic ring is 1. The Hall–Kier alpha value is -2.20. The van der Waals surface area contributed by atoms with E-state index in [1.165, 1.54) is 0 Å². The predicted molar refractivity (Wildman–Crippen MR) is 96.0 cm³/mol. The summed E-state index contributed by atoms with van der Waals surface area (Å²) >= 11 is 0. The number of nitrogens with two attached hydrogens (primary N) is 1. The molecule has 0 aliphatic heterocycles. The van der Waals surface area contributed by atoms with Crippen LogP contribution in [-0.2, 0) is 6.54 Å². The summed E-state index contributed by atoms with van der Waals surface area (Å²) in [4.78, 5) is 12.2. The Morgan fingerprint density at radius 3 is 2.48 bits per heavy atom. The third-order valence-electron chi connectivity index (χ3n) is 3.19. The van der Waals surface area contributed by atoms with E-state index in [2.05, 4.69) is 19.2 Å². The van der Waals surface area contributed by atoms with Crippen molar-refractivity contribution in [3.63, 3.8) is 0 Å². The molecule has 0 saturated carbocycles. The first kappa shape index (κ1) is 18.8. The summed E-state index contributed by atoms with van der Waals surface area (Å²) in [5.74, 6) is 1.07. The molecule has 23 heavy (non-hydrogen) atoms. The average molecular weight is 335 g/mol. The molecule has 0 aromatic heterocycles. The molecule has 0 unspecified atom stereocenters. The minimum atomic E-state index is -0.184. The molecule has 0 aliphatic rings. The third-order valence-corrected chi connectivity index (χ3v) is 3.19. The Balaban J connectivity index is 0.00000264. The van der Waals surface area contributed by atoms with Crippen LogP contribution in [0.2, 0.25) is 0 Å². The SMILES string of the molecule is CC(C)COc1ccccc1CNC(=O)c1ccccc1N.Cl. The van der Waals surface area contributed by atoms with Crippen molar-refractivity contribution >= 4 is 24.0 Å². The van der Waals surface area contributed by atoms with Gasteiger partial charge in [-0.15, -0.1) is 12.4 Å². The van der Waals surface area contributed by atoms with Gasteiger partial charge < -0.3 is 15.8 Å². The number of anilines is 1. The van der Waals surface area contributed by atoms with Crippen LogP contribution in [0.4, 0.5) is 5.69 Å². The molecule has 0 bridgehead atoms. The van der Waals surface area contributed by atoms with Crippen molar-refractivity contribution in [1.82, 2.24) is 5.32 Å². The molecule has 0 spiro atoms. The highest BCUT2D eigenvalue weighted by Crippen LogP contribution is 2.19. The first-order valence-corrected chi connectivity index (χ1v) is 7.41. The molecule has 0 atom stereocenters. The number of carbonyl (C=O) groups excluding carboxylic acids is 1. The van der Waals surface area contributed by atoms with Gasteiger partial charge in [0.25, 0.3) is 5.91 Å². The second-order valence-corrected chi connectivity index (χ2v) is 5.58. The molecule has 0 heterocycles. The van der Waals surface area contributed by atoms with Crippen molar-refractivity contribution in [1.29, 1.82) is 0 Å². The van der Waals surface area contributed by atoms with Crippen molar-refractivity contribution in [3.8, 4) is 5.75 Å². The van der Waals surface area contributed by atoms with E-state index in [1.807, 2.05) is 24.3 Å². The molecule has 0 fully saturated rings. The molecule has 0 aliphatic carbocycles. The average Bonchev–Trinajstić information content (AvgIpc) is 2.51. The van der Waals surface area contributed by atoms with Crippen LogP contribution in [0.5, 0.6) is 5.75 Å². The standard InChI is InChI=1S/C18H22N2O2.ClH/c1-13(2)12-22-17-10-6-3-7-14(17)11-20-18(21)15-8-4-5-9-16(15)19;/h3-10,13H,11-12,19H2,1-2H3,(H,20,21);1H. The van der Waals surface area contributed by atoms with Gasteiger partial charge in [0.15, 0.2) is 0 Å². The second kappa shape index (κ2) is 9.06. The highest BCUT2D eigenvalue weighted by molar-refractivity contribution is 5.99. The van der Waals surface area contributed by atoms with Gasteiger partial charge in [0, 0.05) is 17.8 Å². The fourth-order valence-electron chi connectivity index (χ4n) is 2.02. The van der Waals surface area contributed by atoms with Crippen molar-refractivity contribution < 1.29 is 9.53 Å². The van der Waals surface area contributed by atoms with Crippen LogP contribution in [-0.4, -0.2) is 12.5 Å². The number of ether oxygens (including phenoxy) is 1. The van der Waals surface area contributed by atoms with E-state index in [-0.39, 0.29) is 18.3 Å². The number of carbonyl (C=O) groups is 1. The summed E-state index contributed by atoms with van der Waals surface area (Å²) in [7, 11) is 0. The minimum absolute atomic E-state index is 0. The summed E-state index contributed by atoms with van der Waals surface area (Å²) in [5, 5.41) is 2.89. The molecule has 4 nitrogen and oxygen atoms in total. The van der Waals surface area contributed by atoms with Gasteiger partial charge in [0.2, 0.25) is 0 Å². The third kappa shape index (κ3) is 5.49. The van der Waals surface area contributed by atoms with E-state index in [9.17, 15) is 4.79 Å². The van der Waals surface area contributed by atoms with Crippen LogP contribution < -0.4 is 15.8 Å². The van der Waals surface area contributed by atoms with Gasteiger partial charge in [0.1, 0.15) is 5.75 Å². The Labute approximate surface area is 143 Å². The van der Waals surface area contributed by atoms with Crippen molar-refractivity contribution in [2.45, 2.75) is 20.4 Å². The number of halogens is 1. The number of hydrogen-bond donors (Lipinski definition) is 2. The van der Waals surface area contributed by atoms with Gasteiger partial charge in [-0.2, -0.15) is 0 Å². The first-order chi connectivity index (χ1) is 10.6. The Morgan fingerprint density at radius 2 is 1.78 bits per heavy atom. The Morgan fingerprint density at radius 1 is 1.13 bits per heavy atom. The zero-order valence-corrected chi connectivity index (χ0v) is 14.2. The van der Waals surface area contributed by atoms with E-state index in [1.54, 1.807) is 24.3 Å². The van der Waals surface area contributed by atoms with Crippen LogP contribution in [0.1, 0.15) is 29.8 Å². The van der Waals surface area contributed by atoms with Gasteiger partial charge in [0.05, 0.1) is 12.2 Å². The van der Waals surface area contributed by atoms with Crippen LogP contribution in [0.15, 0.2) is 48.5 Å². The quantitative estimate of drug-likeness (QED) is 0.792. The molecule has 2 aromatic rings. The number of benzene rings is 2. The van der Waals surface area contributed by atoms with Crippen LogP contribution in [0.3, 0.4) is 0 Å². The lowest BCUT2D eigenvalue weighted by Gasteiger charge is -2.14. The van der Waals surface area contributed by atoms with Crippen LogP contribution in [0, 0.1) is 5.92 Å². The number of nitrogens with one attached hydrogen (secondary N) is 1. The van der Waals surface area contributed by atoms with E-state index in [0.29, 0.717) is 30.3 Å². The van der Waals surface area contributed by atoms with E-state index in [4.69, 9.17) is 10.5 Å². The molecular formula is C18H23ClN2O2. The smallest absolute Gasteiger partial charge is 0.253 e. The fourth-order valence-corrected chi connectivity index (χ4v) is 2.02. The number of para-hydroxylation sites is 2. The maximum atomic E-state index is 12.2. The zero-order chi connectivity index (χ0) is 15.9. The van der Waals surface area contributed by atoms with E-state index in [0.717, 1.165) is 11.3 Å². The monoisotopic (exact) mass is 334 g/mol. The van der Waals surface area contributed by atoms with E-state index >= 15 is 0 Å². The summed E-state index contributed by atoms with van der Waals surface area (Å²) < 4.78 is 5.78. The summed E-state index contributed by atoms with van der Waals surface area (Å²) in [6.07, 6.45) is 0. The Bertz CT molecular complexity index is 644. The number of hydrogen-bond acceptors (Lipinski definition) is 3. The van der Waals surface area contributed by atoms with E-state index < -0.39 is 0 Å². The molecule has 0 radical (unpaired) electrons.